The van der Waals surface area contributed by atoms with E-state index in [0.717, 1.165) is 49.9 Å². The van der Waals surface area contributed by atoms with Gasteiger partial charge in [0.2, 0.25) is 0 Å². The molecule has 2 N–H and O–H groups in total. The molecule has 4 nitrogen and oxygen atoms in total. The molecule has 1 aliphatic rings. The van der Waals surface area contributed by atoms with Crippen LogP contribution in [0.25, 0.3) is 0 Å². The number of halogens is 1. The Balaban J connectivity index is 2.03. The van der Waals surface area contributed by atoms with Crippen molar-refractivity contribution in [2.24, 2.45) is 0 Å². The summed E-state index contributed by atoms with van der Waals surface area (Å²) in [5, 5.41) is 0.719. The van der Waals surface area contributed by atoms with Gasteiger partial charge in [-0.3, -0.25) is 4.90 Å². The molecule has 106 valence electrons. The van der Waals surface area contributed by atoms with Gasteiger partial charge in [-0.2, -0.15) is 0 Å². The van der Waals surface area contributed by atoms with Gasteiger partial charge in [0, 0.05) is 37.7 Å². The molecule has 1 aliphatic heterocycles. The number of hydrogen-bond donors (Lipinski definition) is 1. The van der Waals surface area contributed by atoms with Crippen LogP contribution < -0.4 is 10.5 Å². The highest BCUT2D eigenvalue weighted by Crippen LogP contribution is 2.29. The van der Waals surface area contributed by atoms with Gasteiger partial charge in [0.05, 0.1) is 12.8 Å². The second-order valence-electron chi connectivity index (χ2n) is 4.90. The first kappa shape index (κ1) is 14.4. The lowest BCUT2D eigenvalue weighted by Crippen LogP contribution is -2.45. The average Bonchev–Trinajstić information content (AvgIpc) is 2.42. The normalized spacial score (nSPS) is 17.6. The van der Waals surface area contributed by atoms with Crippen LogP contribution in [-0.2, 0) is 6.54 Å². The van der Waals surface area contributed by atoms with E-state index in [1.165, 1.54) is 0 Å². The van der Waals surface area contributed by atoms with Crippen LogP contribution in [0.15, 0.2) is 12.1 Å². The highest BCUT2D eigenvalue weighted by molar-refractivity contribution is 6.31. The maximum absolute atomic E-state index is 6.26. The number of nitrogen functional groups attached to an aromatic ring is 1. The zero-order chi connectivity index (χ0) is 13.8. The Hall–Kier alpha value is -0.970. The number of anilines is 1. The van der Waals surface area contributed by atoms with Gasteiger partial charge >= 0.3 is 0 Å². The van der Waals surface area contributed by atoms with Crippen LogP contribution in [0.2, 0.25) is 5.02 Å². The molecular formula is C14H22ClN3O. The summed E-state index contributed by atoms with van der Waals surface area (Å²) in [5.41, 5.74) is 7.51. The van der Waals surface area contributed by atoms with Crippen molar-refractivity contribution in [2.75, 3.05) is 45.6 Å². The number of hydrogen-bond acceptors (Lipinski definition) is 4. The van der Waals surface area contributed by atoms with E-state index in [1.54, 1.807) is 13.2 Å². The molecule has 2 rings (SSSR count). The molecule has 19 heavy (non-hydrogen) atoms. The molecular weight excluding hydrogens is 262 g/mol. The fourth-order valence-corrected chi connectivity index (χ4v) is 2.65. The number of nitrogens with two attached hydrogens (primary N) is 1. The predicted molar refractivity (Wildman–Crippen MR) is 79.8 cm³/mol. The quantitative estimate of drug-likeness (QED) is 0.859. The van der Waals surface area contributed by atoms with Crippen molar-refractivity contribution in [3.05, 3.63) is 22.7 Å². The van der Waals surface area contributed by atoms with Crippen LogP contribution >= 0.6 is 11.6 Å². The number of nitrogens with zero attached hydrogens (tertiary/aromatic N) is 2. The van der Waals surface area contributed by atoms with E-state index in [9.17, 15) is 0 Å². The summed E-state index contributed by atoms with van der Waals surface area (Å²) in [5.74, 6) is 0.701. The number of likely N-dealkylation sites (N-methyl/N-ethyl adjacent to an activating group) is 1. The molecule has 0 radical (unpaired) electrons. The summed E-state index contributed by atoms with van der Waals surface area (Å²) >= 11 is 6.26. The smallest absolute Gasteiger partial charge is 0.142 e. The Labute approximate surface area is 120 Å². The SMILES string of the molecule is CCN1CCN(Cc2cc(OC)c(N)cc2Cl)CC1. The fraction of sp³-hybridized carbons (Fsp3) is 0.571. The van der Waals surface area contributed by atoms with Crippen molar-refractivity contribution in [1.82, 2.24) is 9.80 Å². The average molecular weight is 284 g/mol. The standard InChI is InChI=1S/C14H22ClN3O/c1-3-17-4-6-18(7-5-17)10-11-8-14(19-2)13(16)9-12(11)15/h8-9H,3-7,10,16H2,1-2H3. The maximum Gasteiger partial charge on any atom is 0.142 e. The van der Waals surface area contributed by atoms with Gasteiger partial charge in [-0.05, 0) is 24.2 Å². The Kier molecular flexibility index (Phi) is 4.91. The third-order valence-corrected chi connectivity index (χ3v) is 4.06. The zero-order valence-corrected chi connectivity index (χ0v) is 12.4. The second kappa shape index (κ2) is 6.46. The predicted octanol–water partition coefficient (Wildman–Crippen LogP) is 2.07. The van der Waals surface area contributed by atoms with Crippen molar-refractivity contribution in [2.45, 2.75) is 13.5 Å². The fourth-order valence-electron chi connectivity index (χ4n) is 2.41. The van der Waals surface area contributed by atoms with Crippen LogP contribution in [-0.4, -0.2) is 49.6 Å². The number of piperazine rings is 1. The summed E-state index contributed by atoms with van der Waals surface area (Å²) in [6.45, 7) is 8.60. The molecule has 1 aromatic rings. The highest BCUT2D eigenvalue weighted by atomic mass is 35.5. The van der Waals surface area contributed by atoms with E-state index >= 15 is 0 Å². The molecule has 0 atom stereocenters. The molecule has 5 heteroatoms. The van der Waals surface area contributed by atoms with E-state index in [4.69, 9.17) is 22.1 Å². The van der Waals surface area contributed by atoms with Gasteiger partial charge in [-0.15, -0.1) is 0 Å². The molecule has 0 aromatic heterocycles. The topological polar surface area (TPSA) is 41.7 Å². The number of methoxy groups -OCH3 is 1. The van der Waals surface area contributed by atoms with Crippen LogP contribution in [0.3, 0.4) is 0 Å². The lowest BCUT2D eigenvalue weighted by Gasteiger charge is -2.34. The number of ether oxygens (including phenoxy) is 1. The molecule has 0 unspecified atom stereocenters. The molecule has 0 saturated carbocycles. The first-order valence-corrected chi connectivity index (χ1v) is 7.08. The summed E-state index contributed by atoms with van der Waals surface area (Å²) < 4.78 is 5.25. The van der Waals surface area contributed by atoms with Gasteiger partial charge < -0.3 is 15.4 Å². The first-order valence-electron chi connectivity index (χ1n) is 6.70. The monoisotopic (exact) mass is 283 g/mol. The van der Waals surface area contributed by atoms with Crippen molar-refractivity contribution in [3.63, 3.8) is 0 Å². The van der Waals surface area contributed by atoms with Crippen molar-refractivity contribution in [3.8, 4) is 5.75 Å². The number of benzene rings is 1. The third kappa shape index (κ3) is 3.53. The minimum absolute atomic E-state index is 0.590. The molecule has 1 aromatic carbocycles. The lowest BCUT2D eigenvalue weighted by atomic mass is 10.1. The van der Waals surface area contributed by atoms with Crippen molar-refractivity contribution in [1.29, 1.82) is 0 Å². The highest BCUT2D eigenvalue weighted by Gasteiger charge is 2.17. The maximum atomic E-state index is 6.26. The van der Waals surface area contributed by atoms with Crippen LogP contribution in [0.5, 0.6) is 5.75 Å². The summed E-state index contributed by atoms with van der Waals surface area (Å²) in [6.07, 6.45) is 0. The van der Waals surface area contributed by atoms with E-state index < -0.39 is 0 Å². The summed E-state index contributed by atoms with van der Waals surface area (Å²) in [4.78, 5) is 4.88. The second-order valence-corrected chi connectivity index (χ2v) is 5.30. The molecule has 0 bridgehead atoms. The Bertz CT molecular complexity index is 431. The van der Waals surface area contributed by atoms with Crippen LogP contribution in [0, 0.1) is 0 Å². The van der Waals surface area contributed by atoms with E-state index in [1.807, 2.05) is 6.07 Å². The van der Waals surface area contributed by atoms with Gasteiger partial charge in [0.1, 0.15) is 5.75 Å². The molecule has 0 aliphatic carbocycles. The largest absolute Gasteiger partial charge is 0.495 e. The summed E-state index contributed by atoms with van der Waals surface area (Å²) in [6, 6.07) is 3.72. The van der Waals surface area contributed by atoms with Gasteiger partial charge in [-0.1, -0.05) is 18.5 Å². The first-order chi connectivity index (χ1) is 9.13. The Morgan fingerprint density at radius 1 is 1.21 bits per heavy atom. The number of rotatable bonds is 4. The Morgan fingerprint density at radius 3 is 2.42 bits per heavy atom. The minimum atomic E-state index is 0.590. The molecule has 1 heterocycles. The van der Waals surface area contributed by atoms with Gasteiger partial charge in [-0.25, -0.2) is 0 Å². The van der Waals surface area contributed by atoms with E-state index in [2.05, 4.69) is 16.7 Å². The van der Waals surface area contributed by atoms with Crippen LogP contribution in [0.1, 0.15) is 12.5 Å². The molecule has 0 spiro atoms. The minimum Gasteiger partial charge on any atom is -0.495 e. The molecule has 1 fully saturated rings. The van der Waals surface area contributed by atoms with Gasteiger partial charge in [0.25, 0.3) is 0 Å². The lowest BCUT2D eigenvalue weighted by molar-refractivity contribution is 0.132. The van der Waals surface area contributed by atoms with Gasteiger partial charge in [0.15, 0.2) is 0 Å². The third-order valence-electron chi connectivity index (χ3n) is 3.70. The molecule has 1 saturated heterocycles. The summed E-state index contributed by atoms with van der Waals surface area (Å²) in [7, 11) is 1.63. The van der Waals surface area contributed by atoms with Crippen molar-refractivity contribution < 1.29 is 4.74 Å². The van der Waals surface area contributed by atoms with E-state index in [-0.39, 0.29) is 0 Å². The Morgan fingerprint density at radius 2 is 1.84 bits per heavy atom. The molecule has 0 amide bonds. The zero-order valence-electron chi connectivity index (χ0n) is 11.7. The van der Waals surface area contributed by atoms with Crippen molar-refractivity contribution >= 4 is 17.3 Å². The van der Waals surface area contributed by atoms with E-state index in [0.29, 0.717) is 11.4 Å². The van der Waals surface area contributed by atoms with Crippen LogP contribution in [0.4, 0.5) is 5.69 Å².